The van der Waals surface area contributed by atoms with E-state index in [4.69, 9.17) is 0 Å². The highest BCUT2D eigenvalue weighted by Crippen LogP contribution is 2.45. The first-order valence-electron chi connectivity index (χ1n) is 11.2. The number of amides is 2. The molecule has 28 heavy (non-hydrogen) atoms. The van der Waals surface area contributed by atoms with Crippen molar-refractivity contribution in [2.24, 2.45) is 11.8 Å². The van der Waals surface area contributed by atoms with E-state index in [-0.39, 0.29) is 17.9 Å². The van der Waals surface area contributed by atoms with E-state index in [2.05, 4.69) is 38.1 Å². The number of aryl methyl sites for hydroxylation is 1. The highest BCUT2D eigenvalue weighted by atomic mass is 16.2. The fourth-order valence-corrected chi connectivity index (χ4v) is 4.94. The van der Waals surface area contributed by atoms with Crippen molar-refractivity contribution < 1.29 is 9.59 Å². The largest absolute Gasteiger partial charge is 0.341 e. The van der Waals surface area contributed by atoms with E-state index in [1.807, 2.05) is 9.80 Å². The molecule has 1 aromatic rings. The van der Waals surface area contributed by atoms with Crippen LogP contribution in [0.2, 0.25) is 0 Å². The SMILES string of the molecule is Cc1ccc(C(CC(=O)N2CCC[C@H]2C(=O)N2CCC(C)CC2)C2CC2)cc1. The molecule has 2 heterocycles. The highest BCUT2D eigenvalue weighted by molar-refractivity contribution is 5.88. The summed E-state index contributed by atoms with van der Waals surface area (Å²) in [6, 6.07) is 8.45. The summed E-state index contributed by atoms with van der Waals surface area (Å²) in [4.78, 5) is 30.2. The highest BCUT2D eigenvalue weighted by Gasteiger charge is 2.40. The zero-order valence-electron chi connectivity index (χ0n) is 17.4. The Morgan fingerprint density at radius 2 is 1.68 bits per heavy atom. The molecule has 1 unspecified atom stereocenters. The Morgan fingerprint density at radius 3 is 2.32 bits per heavy atom. The minimum absolute atomic E-state index is 0.179. The summed E-state index contributed by atoms with van der Waals surface area (Å²) in [5.41, 5.74) is 2.54. The van der Waals surface area contributed by atoms with Crippen LogP contribution in [0.25, 0.3) is 0 Å². The number of carbonyl (C=O) groups is 2. The van der Waals surface area contributed by atoms with Gasteiger partial charge >= 0.3 is 0 Å². The molecule has 4 heteroatoms. The third kappa shape index (κ3) is 4.26. The van der Waals surface area contributed by atoms with E-state index in [1.165, 1.54) is 24.0 Å². The summed E-state index contributed by atoms with van der Waals surface area (Å²) >= 11 is 0. The predicted molar refractivity (Wildman–Crippen MR) is 111 cm³/mol. The molecule has 4 nitrogen and oxygen atoms in total. The normalized spacial score (nSPS) is 24.4. The number of nitrogens with zero attached hydrogens (tertiary/aromatic N) is 2. The number of likely N-dealkylation sites (tertiary alicyclic amines) is 2. The molecule has 2 saturated heterocycles. The van der Waals surface area contributed by atoms with Crippen molar-refractivity contribution in [2.45, 2.75) is 70.8 Å². The molecular formula is C24H34N2O2. The van der Waals surface area contributed by atoms with Crippen molar-refractivity contribution in [1.82, 2.24) is 9.80 Å². The number of hydrogen-bond acceptors (Lipinski definition) is 2. The monoisotopic (exact) mass is 382 g/mol. The number of carbonyl (C=O) groups excluding carboxylic acids is 2. The van der Waals surface area contributed by atoms with Gasteiger partial charge in [0.15, 0.2) is 0 Å². The first-order chi connectivity index (χ1) is 13.5. The van der Waals surface area contributed by atoms with Crippen molar-refractivity contribution in [3.8, 4) is 0 Å². The van der Waals surface area contributed by atoms with E-state index >= 15 is 0 Å². The first-order valence-corrected chi connectivity index (χ1v) is 11.2. The topological polar surface area (TPSA) is 40.6 Å². The lowest BCUT2D eigenvalue weighted by Crippen LogP contribution is -2.50. The Morgan fingerprint density at radius 1 is 1.00 bits per heavy atom. The predicted octanol–water partition coefficient (Wildman–Crippen LogP) is 4.13. The minimum atomic E-state index is -0.223. The Labute approximate surface area is 169 Å². The fourth-order valence-electron chi connectivity index (χ4n) is 4.94. The molecule has 3 fully saturated rings. The van der Waals surface area contributed by atoms with Gasteiger partial charge in [0.2, 0.25) is 11.8 Å². The van der Waals surface area contributed by atoms with Crippen molar-refractivity contribution in [3.05, 3.63) is 35.4 Å². The van der Waals surface area contributed by atoms with E-state index < -0.39 is 0 Å². The quantitative estimate of drug-likeness (QED) is 0.768. The minimum Gasteiger partial charge on any atom is -0.341 e. The third-order valence-corrected chi connectivity index (χ3v) is 7.04. The Balaban J connectivity index is 1.42. The van der Waals surface area contributed by atoms with Crippen LogP contribution in [-0.4, -0.2) is 47.3 Å². The zero-order chi connectivity index (χ0) is 19.7. The van der Waals surface area contributed by atoms with Gasteiger partial charge in [-0.05, 0) is 68.8 Å². The van der Waals surface area contributed by atoms with E-state index in [9.17, 15) is 9.59 Å². The van der Waals surface area contributed by atoms with Crippen molar-refractivity contribution in [2.75, 3.05) is 19.6 Å². The molecule has 0 bridgehead atoms. The molecule has 0 N–H and O–H groups in total. The van der Waals surface area contributed by atoms with Crippen molar-refractivity contribution >= 4 is 11.8 Å². The van der Waals surface area contributed by atoms with E-state index in [0.717, 1.165) is 45.3 Å². The lowest BCUT2D eigenvalue weighted by atomic mass is 9.90. The maximum absolute atomic E-state index is 13.2. The third-order valence-electron chi connectivity index (χ3n) is 7.04. The molecule has 1 saturated carbocycles. The Bertz CT molecular complexity index is 702. The maximum atomic E-state index is 13.2. The smallest absolute Gasteiger partial charge is 0.245 e. The number of piperidine rings is 1. The second kappa shape index (κ2) is 8.26. The number of hydrogen-bond donors (Lipinski definition) is 0. The summed E-state index contributed by atoms with van der Waals surface area (Å²) in [6.45, 7) is 6.81. The van der Waals surface area contributed by atoms with Gasteiger partial charge in [-0.15, -0.1) is 0 Å². The molecular weight excluding hydrogens is 348 g/mol. The average Bonchev–Trinajstić information content (AvgIpc) is 3.42. The van der Waals surface area contributed by atoms with Crippen LogP contribution in [0.3, 0.4) is 0 Å². The molecule has 2 amide bonds. The average molecular weight is 383 g/mol. The van der Waals surface area contributed by atoms with Crippen LogP contribution >= 0.6 is 0 Å². The molecule has 3 aliphatic rings. The van der Waals surface area contributed by atoms with Crippen LogP contribution in [-0.2, 0) is 9.59 Å². The molecule has 0 aromatic heterocycles. The second-order valence-corrected chi connectivity index (χ2v) is 9.31. The van der Waals surface area contributed by atoms with Crippen LogP contribution in [0.5, 0.6) is 0 Å². The molecule has 2 aliphatic heterocycles. The Hall–Kier alpha value is -1.84. The molecule has 0 spiro atoms. The van der Waals surface area contributed by atoms with E-state index in [1.54, 1.807) is 0 Å². The van der Waals surface area contributed by atoms with Gasteiger partial charge in [-0.3, -0.25) is 9.59 Å². The van der Waals surface area contributed by atoms with Gasteiger partial charge in [0, 0.05) is 26.1 Å². The lowest BCUT2D eigenvalue weighted by molar-refractivity contribution is -0.145. The summed E-state index contributed by atoms with van der Waals surface area (Å²) in [5, 5.41) is 0. The summed E-state index contributed by atoms with van der Waals surface area (Å²) in [7, 11) is 0. The Kier molecular flexibility index (Phi) is 5.75. The molecule has 152 valence electrons. The standard InChI is InChI=1S/C24H34N2O2/c1-17-5-7-19(8-6-17)21(20-9-10-20)16-23(27)26-13-3-4-22(26)24(28)25-14-11-18(2)12-15-25/h5-8,18,20-22H,3-4,9-16H2,1-2H3/t21?,22-/m0/s1. The fraction of sp³-hybridized carbons (Fsp3) is 0.667. The van der Waals surface area contributed by atoms with Crippen LogP contribution in [0, 0.1) is 18.8 Å². The van der Waals surface area contributed by atoms with Crippen molar-refractivity contribution in [1.29, 1.82) is 0 Å². The lowest BCUT2D eigenvalue weighted by Gasteiger charge is -2.35. The first kappa shape index (κ1) is 19.5. The van der Waals surface area contributed by atoms with Gasteiger partial charge in [0.05, 0.1) is 0 Å². The van der Waals surface area contributed by atoms with Crippen molar-refractivity contribution in [3.63, 3.8) is 0 Å². The summed E-state index contributed by atoms with van der Waals surface area (Å²) in [5.74, 6) is 2.02. The molecule has 2 atom stereocenters. The van der Waals surface area contributed by atoms with Crippen LogP contribution in [0.1, 0.15) is 68.9 Å². The summed E-state index contributed by atoms with van der Waals surface area (Å²) in [6.07, 6.45) is 6.95. The van der Waals surface area contributed by atoms with Gasteiger partial charge in [0.1, 0.15) is 6.04 Å². The van der Waals surface area contributed by atoms with Gasteiger partial charge in [-0.2, -0.15) is 0 Å². The van der Waals surface area contributed by atoms with Crippen LogP contribution in [0.4, 0.5) is 0 Å². The second-order valence-electron chi connectivity index (χ2n) is 9.31. The molecule has 1 aromatic carbocycles. The van der Waals surface area contributed by atoms with Gasteiger partial charge in [-0.1, -0.05) is 36.8 Å². The maximum Gasteiger partial charge on any atom is 0.245 e. The molecule has 1 aliphatic carbocycles. The summed E-state index contributed by atoms with van der Waals surface area (Å²) < 4.78 is 0. The van der Waals surface area contributed by atoms with Crippen LogP contribution in [0.15, 0.2) is 24.3 Å². The number of rotatable bonds is 5. The zero-order valence-corrected chi connectivity index (χ0v) is 17.4. The van der Waals surface area contributed by atoms with Gasteiger partial charge < -0.3 is 9.80 Å². The van der Waals surface area contributed by atoms with Crippen LogP contribution < -0.4 is 0 Å². The van der Waals surface area contributed by atoms with E-state index in [0.29, 0.717) is 24.2 Å². The number of benzene rings is 1. The molecule has 4 rings (SSSR count). The molecule has 0 radical (unpaired) electrons. The van der Waals surface area contributed by atoms with Gasteiger partial charge in [0.25, 0.3) is 0 Å². The van der Waals surface area contributed by atoms with Gasteiger partial charge in [-0.25, -0.2) is 0 Å².